The third-order valence-electron chi connectivity index (χ3n) is 1.61. The van der Waals surface area contributed by atoms with Crippen LogP contribution >= 0.6 is 0 Å². The topological polar surface area (TPSA) is 45.4 Å². The molecule has 0 amide bonds. The van der Waals surface area contributed by atoms with E-state index in [4.69, 9.17) is 10.1 Å². The smallest absolute Gasteiger partial charge is 0.0669 e. The average Bonchev–Trinajstić information content (AvgIpc) is 2.11. The Labute approximate surface area is 92.8 Å². The average molecular weight is 210 g/mol. The Balaban J connectivity index is 3.95. The Hall–Kier alpha value is -0.960. The largest absolute Gasteiger partial charge is 0.374 e. The first-order valence-electron chi connectivity index (χ1n) is 5.28. The molecule has 3 nitrogen and oxygen atoms in total. The Kier molecular flexibility index (Phi) is 6.88. The molecule has 1 N–H and O–H groups in total. The highest BCUT2D eigenvalue weighted by molar-refractivity contribution is 6.02. The van der Waals surface area contributed by atoms with E-state index in [9.17, 15) is 0 Å². The second kappa shape index (κ2) is 7.35. The van der Waals surface area contributed by atoms with Gasteiger partial charge in [-0.15, -0.1) is 0 Å². The first-order valence-corrected chi connectivity index (χ1v) is 5.28. The highest BCUT2D eigenvalue weighted by Gasteiger charge is 2.08. The van der Waals surface area contributed by atoms with Crippen LogP contribution in [0.4, 0.5) is 0 Å². The molecular formula is C12H22N2O. The van der Waals surface area contributed by atoms with Crippen molar-refractivity contribution in [3.63, 3.8) is 0 Å². The summed E-state index contributed by atoms with van der Waals surface area (Å²) in [6, 6.07) is 0. The molecule has 0 aliphatic heterocycles. The first-order chi connectivity index (χ1) is 6.99. The minimum Gasteiger partial charge on any atom is -0.374 e. The fourth-order valence-corrected chi connectivity index (χ4v) is 1.02. The molecular weight excluding hydrogens is 188 g/mol. The zero-order valence-electron chi connectivity index (χ0n) is 10.2. The lowest BCUT2D eigenvalue weighted by Gasteiger charge is -2.18. The molecule has 3 heteroatoms. The molecule has 86 valence electrons. The number of aliphatic imine (C=N–C) groups is 1. The van der Waals surface area contributed by atoms with Crippen LogP contribution in [-0.2, 0) is 4.74 Å². The van der Waals surface area contributed by atoms with Gasteiger partial charge in [0.25, 0.3) is 0 Å². The Morgan fingerprint density at radius 3 is 2.53 bits per heavy atom. The Morgan fingerprint density at radius 2 is 2.07 bits per heavy atom. The van der Waals surface area contributed by atoms with Gasteiger partial charge in [0, 0.05) is 18.3 Å². The van der Waals surface area contributed by atoms with Gasteiger partial charge in [-0.2, -0.15) is 0 Å². The third kappa shape index (κ3) is 9.35. The van der Waals surface area contributed by atoms with Gasteiger partial charge in [0.15, 0.2) is 0 Å². The van der Waals surface area contributed by atoms with Crippen LogP contribution in [-0.4, -0.2) is 30.7 Å². The second-order valence-electron chi connectivity index (χ2n) is 4.24. The van der Waals surface area contributed by atoms with Crippen molar-refractivity contribution >= 4 is 11.9 Å². The van der Waals surface area contributed by atoms with Gasteiger partial charge in [0.2, 0.25) is 0 Å². The molecule has 0 saturated heterocycles. The van der Waals surface area contributed by atoms with Crippen molar-refractivity contribution < 1.29 is 4.74 Å². The number of allylic oxidation sites excluding steroid dienone is 2. The van der Waals surface area contributed by atoms with Crippen molar-refractivity contribution in [3.05, 3.63) is 12.2 Å². The van der Waals surface area contributed by atoms with Crippen LogP contribution in [0.3, 0.4) is 0 Å². The van der Waals surface area contributed by atoms with E-state index in [1.807, 2.05) is 39.8 Å². The van der Waals surface area contributed by atoms with Gasteiger partial charge in [-0.25, -0.2) is 0 Å². The third-order valence-corrected chi connectivity index (χ3v) is 1.61. The molecule has 0 unspecified atom stereocenters. The molecule has 15 heavy (non-hydrogen) atoms. The van der Waals surface area contributed by atoms with Crippen molar-refractivity contribution in [1.29, 1.82) is 5.41 Å². The van der Waals surface area contributed by atoms with Crippen molar-refractivity contribution in [1.82, 2.24) is 0 Å². The quantitative estimate of drug-likeness (QED) is 0.531. The predicted octanol–water partition coefficient (Wildman–Crippen LogP) is 2.86. The van der Waals surface area contributed by atoms with Crippen molar-refractivity contribution in [2.45, 2.75) is 39.7 Å². The first kappa shape index (κ1) is 14.0. The SMILES string of the molecule is C/C=C\C(CC=N)=NCCOC(C)(C)C. The van der Waals surface area contributed by atoms with E-state index in [0.717, 1.165) is 5.71 Å². The van der Waals surface area contributed by atoms with Crippen LogP contribution in [0.1, 0.15) is 34.1 Å². The molecule has 0 aromatic carbocycles. The Bertz CT molecular complexity index is 236. The molecule has 0 saturated carbocycles. The second-order valence-corrected chi connectivity index (χ2v) is 4.24. The number of rotatable bonds is 6. The molecule has 0 aromatic rings. The minimum atomic E-state index is -0.0994. The normalized spacial score (nSPS) is 13.5. The number of nitrogens with zero attached hydrogens (tertiary/aromatic N) is 1. The number of ether oxygens (including phenoxy) is 1. The Morgan fingerprint density at radius 1 is 1.40 bits per heavy atom. The van der Waals surface area contributed by atoms with E-state index in [0.29, 0.717) is 19.6 Å². The van der Waals surface area contributed by atoms with Gasteiger partial charge in [0.1, 0.15) is 0 Å². The molecule has 0 spiro atoms. The van der Waals surface area contributed by atoms with Crippen molar-refractivity contribution in [2.75, 3.05) is 13.2 Å². The molecule has 0 radical (unpaired) electrons. The highest BCUT2D eigenvalue weighted by Crippen LogP contribution is 2.05. The van der Waals surface area contributed by atoms with E-state index in [2.05, 4.69) is 4.99 Å². The monoisotopic (exact) mass is 210 g/mol. The van der Waals surface area contributed by atoms with E-state index in [-0.39, 0.29) is 5.60 Å². The molecule has 0 aromatic heterocycles. The van der Waals surface area contributed by atoms with Crippen LogP contribution in [0.15, 0.2) is 17.1 Å². The van der Waals surface area contributed by atoms with E-state index in [1.54, 1.807) is 0 Å². The molecule has 0 aliphatic carbocycles. The van der Waals surface area contributed by atoms with Crippen LogP contribution in [0.5, 0.6) is 0 Å². The van der Waals surface area contributed by atoms with Crippen LogP contribution in [0.2, 0.25) is 0 Å². The van der Waals surface area contributed by atoms with E-state index in [1.165, 1.54) is 6.21 Å². The summed E-state index contributed by atoms with van der Waals surface area (Å²) in [6.07, 6.45) is 5.83. The summed E-state index contributed by atoms with van der Waals surface area (Å²) in [4.78, 5) is 4.36. The van der Waals surface area contributed by atoms with E-state index >= 15 is 0 Å². The van der Waals surface area contributed by atoms with Crippen LogP contribution < -0.4 is 0 Å². The van der Waals surface area contributed by atoms with Gasteiger partial charge in [0.05, 0.1) is 18.8 Å². The maximum atomic E-state index is 7.02. The molecule has 0 rings (SSSR count). The van der Waals surface area contributed by atoms with Crippen molar-refractivity contribution in [2.24, 2.45) is 4.99 Å². The number of hydrogen-bond acceptors (Lipinski definition) is 3. The minimum absolute atomic E-state index is 0.0994. The summed E-state index contributed by atoms with van der Waals surface area (Å²) in [5.41, 5.74) is 0.836. The summed E-state index contributed by atoms with van der Waals surface area (Å²) in [7, 11) is 0. The van der Waals surface area contributed by atoms with Gasteiger partial charge in [-0.05, 0) is 33.8 Å². The van der Waals surface area contributed by atoms with Gasteiger partial charge in [-0.3, -0.25) is 4.99 Å². The van der Waals surface area contributed by atoms with Crippen LogP contribution in [0.25, 0.3) is 0 Å². The van der Waals surface area contributed by atoms with Crippen molar-refractivity contribution in [3.8, 4) is 0 Å². The van der Waals surface area contributed by atoms with Gasteiger partial charge >= 0.3 is 0 Å². The molecule has 0 atom stereocenters. The maximum absolute atomic E-state index is 7.02. The lowest BCUT2D eigenvalue weighted by Crippen LogP contribution is -2.21. The fraction of sp³-hybridized carbons (Fsp3) is 0.667. The number of nitrogens with one attached hydrogen (secondary N) is 1. The summed E-state index contributed by atoms with van der Waals surface area (Å²) >= 11 is 0. The molecule has 0 aliphatic rings. The molecule has 0 bridgehead atoms. The highest BCUT2D eigenvalue weighted by atomic mass is 16.5. The lowest BCUT2D eigenvalue weighted by molar-refractivity contribution is 0.00213. The molecule has 0 heterocycles. The predicted molar refractivity (Wildman–Crippen MR) is 66.2 cm³/mol. The molecule has 0 fully saturated rings. The fourth-order valence-electron chi connectivity index (χ4n) is 1.02. The maximum Gasteiger partial charge on any atom is 0.0669 e. The summed E-state index contributed by atoms with van der Waals surface area (Å²) < 4.78 is 5.55. The number of hydrogen-bond donors (Lipinski definition) is 1. The summed E-state index contributed by atoms with van der Waals surface area (Å²) in [5, 5.41) is 7.02. The summed E-state index contributed by atoms with van der Waals surface area (Å²) in [5.74, 6) is 0. The van der Waals surface area contributed by atoms with Crippen LogP contribution in [0, 0.1) is 5.41 Å². The van der Waals surface area contributed by atoms with Gasteiger partial charge in [-0.1, -0.05) is 6.08 Å². The zero-order chi connectivity index (χ0) is 11.7. The summed E-state index contributed by atoms with van der Waals surface area (Å²) in [6.45, 7) is 9.32. The zero-order valence-corrected chi connectivity index (χ0v) is 10.2. The lowest BCUT2D eigenvalue weighted by atomic mass is 10.2. The van der Waals surface area contributed by atoms with E-state index < -0.39 is 0 Å². The standard InChI is InChI=1S/C12H22N2O/c1-5-6-11(7-8-13)14-9-10-15-12(2,3)4/h5-6,8,13H,7,9-10H2,1-4H3/b6-5-,13-8?,14-11?. The van der Waals surface area contributed by atoms with Gasteiger partial charge < -0.3 is 10.1 Å².